The molecule has 22 heavy (non-hydrogen) atoms. The first-order valence-corrected chi connectivity index (χ1v) is 9.99. The van der Waals surface area contributed by atoms with E-state index in [1.165, 1.54) is 51.4 Å². The fourth-order valence-corrected chi connectivity index (χ4v) is 3.47. The molecule has 0 heterocycles. The summed E-state index contributed by atoms with van der Waals surface area (Å²) in [4.78, 5) is 0. The summed E-state index contributed by atoms with van der Waals surface area (Å²) in [5.74, 6) is 2.58. The molecule has 0 saturated heterocycles. The molecule has 0 spiro atoms. The van der Waals surface area contributed by atoms with Crippen LogP contribution in [0.25, 0.3) is 0 Å². The lowest BCUT2D eigenvalue weighted by Crippen LogP contribution is -2.23. The molecule has 0 aliphatic carbocycles. The molecule has 0 aliphatic rings. The second kappa shape index (κ2) is 12.4. The van der Waals surface area contributed by atoms with Crippen molar-refractivity contribution in [2.45, 2.75) is 118 Å². The van der Waals surface area contributed by atoms with Crippen molar-refractivity contribution in [3.63, 3.8) is 0 Å². The number of aliphatic hydroxyl groups is 1. The van der Waals surface area contributed by atoms with Crippen molar-refractivity contribution in [3.05, 3.63) is 0 Å². The lowest BCUT2D eigenvalue weighted by Gasteiger charge is -2.23. The van der Waals surface area contributed by atoms with Gasteiger partial charge in [0.2, 0.25) is 0 Å². The van der Waals surface area contributed by atoms with Gasteiger partial charge in [-0.25, -0.2) is 0 Å². The summed E-state index contributed by atoms with van der Waals surface area (Å²) in [5, 5.41) is 10.2. The van der Waals surface area contributed by atoms with Gasteiger partial charge in [-0.1, -0.05) is 92.4 Å². The van der Waals surface area contributed by atoms with Crippen molar-refractivity contribution in [3.8, 4) is 0 Å². The minimum Gasteiger partial charge on any atom is -0.390 e. The molecule has 0 aromatic carbocycles. The predicted octanol–water partition coefficient (Wildman–Crippen LogP) is 6.98. The summed E-state index contributed by atoms with van der Waals surface area (Å²) in [5.41, 5.74) is -0.431. The first kappa shape index (κ1) is 22.0. The Morgan fingerprint density at radius 1 is 0.727 bits per heavy atom. The topological polar surface area (TPSA) is 20.2 Å². The zero-order chi connectivity index (χ0) is 17.0. The smallest absolute Gasteiger partial charge is 0.0619 e. The lowest BCUT2D eigenvalue weighted by molar-refractivity contribution is 0.0376. The van der Waals surface area contributed by atoms with Gasteiger partial charge < -0.3 is 5.11 Å². The van der Waals surface area contributed by atoms with Crippen LogP contribution in [0.5, 0.6) is 0 Å². The van der Waals surface area contributed by atoms with E-state index in [-0.39, 0.29) is 0 Å². The van der Waals surface area contributed by atoms with Crippen LogP contribution in [-0.4, -0.2) is 10.7 Å². The maximum absolute atomic E-state index is 10.2. The van der Waals surface area contributed by atoms with Gasteiger partial charge in [-0.3, -0.25) is 0 Å². The Labute approximate surface area is 141 Å². The Bertz CT molecular complexity index is 244. The highest BCUT2D eigenvalue weighted by Crippen LogP contribution is 2.24. The molecule has 0 bridgehead atoms. The Morgan fingerprint density at radius 3 is 1.64 bits per heavy atom. The molecular formula is C21H44O. The van der Waals surface area contributed by atoms with Crippen molar-refractivity contribution in [2.75, 3.05) is 0 Å². The van der Waals surface area contributed by atoms with Crippen LogP contribution in [0.1, 0.15) is 112 Å². The third kappa shape index (κ3) is 13.6. The van der Waals surface area contributed by atoms with Crippen LogP contribution in [0.3, 0.4) is 0 Å². The summed E-state index contributed by atoms with van der Waals surface area (Å²) >= 11 is 0. The lowest BCUT2D eigenvalue weighted by atomic mass is 9.89. The molecule has 3 unspecified atom stereocenters. The van der Waals surface area contributed by atoms with E-state index in [2.05, 4.69) is 34.6 Å². The van der Waals surface area contributed by atoms with Gasteiger partial charge >= 0.3 is 0 Å². The van der Waals surface area contributed by atoms with Gasteiger partial charge in [0.15, 0.2) is 0 Å². The zero-order valence-corrected chi connectivity index (χ0v) is 16.5. The molecule has 0 radical (unpaired) electrons. The van der Waals surface area contributed by atoms with Crippen LogP contribution in [0.15, 0.2) is 0 Å². The molecule has 0 aromatic heterocycles. The molecule has 0 amide bonds. The van der Waals surface area contributed by atoms with Crippen molar-refractivity contribution in [2.24, 2.45) is 17.8 Å². The standard InChI is InChI=1S/C21H44O/c1-7-16-21(6,22)17-10-15-20(5)14-9-13-19(4)12-8-11-18(2)3/h18-20,22H,7-17H2,1-6H3. The molecule has 0 aromatic rings. The van der Waals surface area contributed by atoms with E-state index in [9.17, 15) is 5.11 Å². The highest BCUT2D eigenvalue weighted by molar-refractivity contribution is 4.72. The summed E-state index contributed by atoms with van der Waals surface area (Å²) < 4.78 is 0. The number of rotatable bonds is 14. The Morgan fingerprint density at radius 2 is 1.18 bits per heavy atom. The zero-order valence-electron chi connectivity index (χ0n) is 16.5. The van der Waals surface area contributed by atoms with Crippen molar-refractivity contribution in [1.82, 2.24) is 0 Å². The Kier molecular flexibility index (Phi) is 12.4. The number of hydrogen-bond donors (Lipinski definition) is 1. The monoisotopic (exact) mass is 312 g/mol. The predicted molar refractivity (Wildman–Crippen MR) is 100 cm³/mol. The average molecular weight is 313 g/mol. The molecule has 0 fully saturated rings. The van der Waals surface area contributed by atoms with Gasteiger partial charge in [-0.05, 0) is 37.5 Å². The van der Waals surface area contributed by atoms with Gasteiger partial charge in [0.25, 0.3) is 0 Å². The van der Waals surface area contributed by atoms with Crippen LogP contribution in [0.4, 0.5) is 0 Å². The third-order valence-electron chi connectivity index (χ3n) is 5.07. The van der Waals surface area contributed by atoms with Crippen LogP contribution < -0.4 is 0 Å². The van der Waals surface area contributed by atoms with E-state index in [0.29, 0.717) is 0 Å². The van der Waals surface area contributed by atoms with Crippen LogP contribution in [-0.2, 0) is 0 Å². The second-order valence-corrected chi connectivity index (χ2v) is 8.61. The van der Waals surface area contributed by atoms with E-state index in [1.807, 2.05) is 6.92 Å². The fraction of sp³-hybridized carbons (Fsp3) is 1.00. The van der Waals surface area contributed by atoms with Crippen molar-refractivity contribution in [1.29, 1.82) is 0 Å². The largest absolute Gasteiger partial charge is 0.390 e. The van der Waals surface area contributed by atoms with Crippen LogP contribution >= 0.6 is 0 Å². The van der Waals surface area contributed by atoms with Crippen LogP contribution in [0, 0.1) is 17.8 Å². The van der Waals surface area contributed by atoms with Gasteiger partial charge in [-0.2, -0.15) is 0 Å². The normalized spacial score (nSPS) is 17.5. The van der Waals surface area contributed by atoms with Gasteiger partial charge in [0, 0.05) is 0 Å². The van der Waals surface area contributed by atoms with Gasteiger partial charge in [0.1, 0.15) is 0 Å². The SMILES string of the molecule is CCCC(C)(O)CCCC(C)CCCC(C)CCCC(C)C. The molecule has 1 N–H and O–H groups in total. The van der Waals surface area contributed by atoms with E-state index in [0.717, 1.165) is 37.0 Å². The van der Waals surface area contributed by atoms with E-state index >= 15 is 0 Å². The quantitative estimate of drug-likeness (QED) is 0.367. The fourth-order valence-electron chi connectivity index (χ4n) is 3.47. The molecule has 134 valence electrons. The summed E-state index contributed by atoms with van der Waals surface area (Å²) in [6.45, 7) is 13.6. The maximum Gasteiger partial charge on any atom is 0.0619 e. The minimum atomic E-state index is -0.431. The third-order valence-corrected chi connectivity index (χ3v) is 5.07. The molecule has 0 aliphatic heterocycles. The van der Waals surface area contributed by atoms with Crippen LogP contribution in [0.2, 0.25) is 0 Å². The molecule has 1 nitrogen and oxygen atoms in total. The molecule has 3 atom stereocenters. The Balaban J connectivity index is 3.58. The highest BCUT2D eigenvalue weighted by Gasteiger charge is 2.18. The Hall–Kier alpha value is -0.0400. The maximum atomic E-state index is 10.2. The molecule has 0 saturated carbocycles. The van der Waals surface area contributed by atoms with Crippen molar-refractivity contribution >= 4 is 0 Å². The summed E-state index contributed by atoms with van der Waals surface area (Å²) in [7, 11) is 0. The first-order chi connectivity index (χ1) is 10.3. The minimum absolute atomic E-state index is 0.431. The van der Waals surface area contributed by atoms with E-state index < -0.39 is 5.60 Å². The van der Waals surface area contributed by atoms with Gasteiger partial charge in [-0.15, -0.1) is 0 Å². The van der Waals surface area contributed by atoms with E-state index in [1.54, 1.807) is 0 Å². The van der Waals surface area contributed by atoms with Gasteiger partial charge in [0.05, 0.1) is 5.60 Å². The van der Waals surface area contributed by atoms with E-state index in [4.69, 9.17) is 0 Å². The average Bonchev–Trinajstić information content (AvgIpc) is 2.37. The highest BCUT2D eigenvalue weighted by atomic mass is 16.3. The second-order valence-electron chi connectivity index (χ2n) is 8.61. The summed E-state index contributed by atoms with van der Waals surface area (Å²) in [6.07, 6.45) is 13.8. The molecule has 1 heteroatoms. The molecule has 0 rings (SSSR count). The molecular weight excluding hydrogens is 268 g/mol. The summed E-state index contributed by atoms with van der Waals surface area (Å²) in [6, 6.07) is 0. The number of hydrogen-bond acceptors (Lipinski definition) is 1. The van der Waals surface area contributed by atoms with Crippen molar-refractivity contribution < 1.29 is 5.11 Å². The first-order valence-electron chi connectivity index (χ1n) is 9.99.